The zero-order valence-electron chi connectivity index (χ0n) is 9.75. The number of hydrogen-bond acceptors (Lipinski definition) is 1. The van der Waals surface area contributed by atoms with Gasteiger partial charge in [-0.15, -0.1) is 0 Å². The molecule has 1 aromatic rings. The Morgan fingerprint density at radius 2 is 2.29 bits per heavy atom. The summed E-state index contributed by atoms with van der Waals surface area (Å²) in [5, 5.41) is 0.311. The molecule has 1 aliphatic heterocycles. The topological polar surface area (TPSA) is 20.3 Å². The van der Waals surface area contributed by atoms with Gasteiger partial charge in [-0.05, 0) is 37.0 Å². The van der Waals surface area contributed by atoms with Crippen LogP contribution in [-0.2, 0) is 0 Å². The van der Waals surface area contributed by atoms with Gasteiger partial charge in [-0.3, -0.25) is 4.79 Å². The highest BCUT2D eigenvalue weighted by molar-refractivity contribution is 6.30. The molecule has 1 amide bonds. The molecule has 1 aliphatic rings. The highest BCUT2D eigenvalue weighted by atomic mass is 35.5. The molecule has 0 N–H and O–H groups in total. The van der Waals surface area contributed by atoms with Crippen molar-refractivity contribution >= 4 is 17.5 Å². The molecule has 17 heavy (non-hydrogen) atoms. The van der Waals surface area contributed by atoms with Crippen LogP contribution in [0.25, 0.3) is 0 Å². The first-order chi connectivity index (χ1) is 8.08. The van der Waals surface area contributed by atoms with Crippen LogP contribution >= 0.6 is 11.6 Å². The summed E-state index contributed by atoms with van der Waals surface area (Å²) in [6.45, 7) is 3.53. The molecule has 1 unspecified atom stereocenters. The van der Waals surface area contributed by atoms with Crippen molar-refractivity contribution in [2.24, 2.45) is 5.92 Å². The van der Waals surface area contributed by atoms with Gasteiger partial charge in [0.1, 0.15) is 5.82 Å². The molecule has 1 heterocycles. The van der Waals surface area contributed by atoms with E-state index < -0.39 is 5.82 Å². The number of halogens is 2. The summed E-state index contributed by atoms with van der Waals surface area (Å²) in [5.41, 5.74) is 0.114. The Labute approximate surface area is 105 Å². The van der Waals surface area contributed by atoms with Gasteiger partial charge in [-0.2, -0.15) is 0 Å². The summed E-state index contributed by atoms with van der Waals surface area (Å²) in [6, 6.07) is 4.19. The maximum atomic E-state index is 13.6. The van der Waals surface area contributed by atoms with Gasteiger partial charge in [-0.25, -0.2) is 4.39 Å². The number of hydrogen-bond donors (Lipinski definition) is 0. The predicted octanol–water partition coefficient (Wildman–Crippen LogP) is 3.35. The Kier molecular flexibility index (Phi) is 3.67. The lowest BCUT2D eigenvalue weighted by atomic mass is 9.99. The molecular weight excluding hydrogens is 241 g/mol. The van der Waals surface area contributed by atoms with Crippen LogP contribution in [0.2, 0.25) is 5.02 Å². The number of carbonyl (C=O) groups is 1. The van der Waals surface area contributed by atoms with E-state index in [1.165, 1.54) is 12.1 Å². The second kappa shape index (κ2) is 5.05. The monoisotopic (exact) mass is 255 g/mol. The highest BCUT2D eigenvalue weighted by Crippen LogP contribution is 2.20. The van der Waals surface area contributed by atoms with Gasteiger partial charge in [0, 0.05) is 18.1 Å². The Morgan fingerprint density at radius 3 is 2.94 bits per heavy atom. The van der Waals surface area contributed by atoms with Crippen LogP contribution < -0.4 is 0 Å². The van der Waals surface area contributed by atoms with Crippen LogP contribution in [0.15, 0.2) is 18.2 Å². The molecule has 92 valence electrons. The molecule has 4 heteroatoms. The minimum atomic E-state index is -0.541. The van der Waals surface area contributed by atoms with Crippen molar-refractivity contribution < 1.29 is 9.18 Å². The van der Waals surface area contributed by atoms with Gasteiger partial charge in [0.2, 0.25) is 0 Å². The molecule has 1 aromatic carbocycles. The van der Waals surface area contributed by atoms with Crippen LogP contribution in [0.1, 0.15) is 30.1 Å². The lowest BCUT2D eigenvalue weighted by Crippen LogP contribution is -2.39. The van der Waals surface area contributed by atoms with E-state index >= 15 is 0 Å². The number of carbonyl (C=O) groups excluding carboxylic acids is 1. The molecule has 1 atom stereocenters. The van der Waals surface area contributed by atoms with Crippen LogP contribution in [0, 0.1) is 11.7 Å². The number of amides is 1. The molecule has 1 fully saturated rings. The standard InChI is InChI=1S/C13H15ClFNO/c1-9-3-2-6-16(8-9)13(17)11-5-4-10(14)7-12(11)15/h4-5,7,9H,2-3,6,8H2,1H3. The van der Waals surface area contributed by atoms with E-state index in [0.717, 1.165) is 12.8 Å². The molecule has 0 radical (unpaired) electrons. The summed E-state index contributed by atoms with van der Waals surface area (Å²) in [4.78, 5) is 13.8. The van der Waals surface area contributed by atoms with Crippen LogP contribution in [0.3, 0.4) is 0 Å². The van der Waals surface area contributed by atoms with E-state index in [1.54, 1.807) is 11.0 Å². The number of rotatable bonds is 1. The maximum absolute atomic E-state index is 13.6. The number of nitrogens with zero attached hydrogens (tertiary/aromatic N) is 1. The van der Waals surface area contributed by atoms with Crippen molar-refractivity contribution in [1.29, 1.82) is 0 Å². The van der Waals surface area contributed by atoms with Gasteiger partial charge in [0.15, 0.2) is 0 Å². The van der Waals surface area contributed by atoms with E-state index in [0.29, 0.717) is 24.0 Å². The smallest absolute Gasteiger partial charge is 0.256 e. The van der Waals surface area contributed by atoms with E-state index in [-0.39, 0.29) is 11.5 Å². The molecule has 2 rings (SSSR count). The van der Waals surface area contributed by atoms with E-state index in [9.17, 15) is 9.18 Å². The molecule has 0 saturated carbocycles. The van der Waals surface area contributed by atoms with Crippen molar-refractivity contribution in [1.82, 2.24) is 4.90 Å². The average Bonchev–Trinajstić information content (AvgIpc) is 2.28. The van der Waals surface area contributed by atoms with E-state index in [1.807, 2.05) is 0 Å². The van der Waals surface area contributed by atoms with Crippen LogP contribution in [-0.4, -0.2) is 23.9 Å². The van der Waals surface area contributed by atoms with Gasteiger partial charge in [0.25, 0.3) is 5.91 Å². The quantitative estimate of drug-likeness (QED) is 0.754. The summed E-state index contributed by atoms with van der Waals surface area (Å²) in [6.07, 6.45) is 2.12. The maximum Gasteiger partial charge on any atom is 0.256 e. The average molecular weight is 256 g/mol. The fraction of sp³-hybridized carbons (Fsp3) is 0.462. The van der Waals surface area contributed by atoms with Crippen molar-refractivity contribution in [2.75, 3.05) is 13.1 Å². The predicted molar refractivity (Wildman–Crippen MR) is 65.7 cm³/mol. The normalized spacial score (nSPS) is 20.4. The van der Waals surface area contributed by atoms with Gasteiger partial charge in [-0.1, -0.05) is 18.5 Å². The van der Waals surface area contributed by atoms with Crippen molar-refractivity contribution in [3.63, 3.8) is 0 Å². The molecular formula is C13H15ClFNO. The van der Waals surface area contributed by atoms with Crippen molar-refractivity contribution in [3.05, 3.63) is 34.6 Å². The third-order valence-corrected chi connectivity index (χ3v) is 3.34. The minimum absolute atomic E-state index is 0.114. The lowest BCUT2D eigenvalue weighted by Gasteiger charge is -2.31. The summed E-state index contributed by atoms with van der Waals surface area (Å²) in [5.74, 6) is -0.283. The van der Waals surface area contributed by atoms with E-state index in [4.69, 9.17) is 11.6 Å². The number of benzene rings is 1. The van der Waals surface area contributed by atoms with Crippen LogP contribution in [0.5, 0.6) is 0 Å². The molecule has 0 spiro atoms. The van der Waals surface area contributed by atoms with Gasteiger partial charge in [0.05, 0.1) is 5.56 Å². The van der Waals surface area contributed by atoms with Crippen LogP contribution in [0.4, 0.5) is 4.39 Å². The SMILES string of the molecule is CC1CCCN(C(=O)c2ccc(Cl)cc2F)C1. The third kappa shape index (κ3) is 2.78. The summed E-state index contributed by atoms with van der Waals surface area (Å²) >= 11 is 5.67. The second-order valence-corrected chi connectivity index (χ2v) is 5.06. The molecule has 0 bridgehead atoms. The highest BCUT2D eigenvalue weighted by Gasteiger charge is 2.23. The molecule has 1 saturated heterocycles. The Hall–Kier alpha value is -1.09. The van der Waals surface area contributed by atoms with E-state index in [2.05, 4.69) is 6.92 Å². The molecule has 0 aromatic heterocycles. The zero-order valence-corrected chi connectivity index (χ0v) is 10.5. The minimum Gasteiger partial charge on any atom is -0.338 e. The third-order valence-electron chi connectivity index (χ3n) is 3.11. The fourth-order valence-corrected chi connectivity index (χ4v) is 2.37. The lowest BCUT2D eigenvalue weighted by molar-refractivity contribution is 0.0678. The first kappa shape index (κ1) is 12.4. The number of likely N-dealkylation sites (tertiary alicyclic amines) is 1. The summed E-state index contributed by atoms with van der Waals surface area (Å²) in [7, 11) is 0. The summed E-state index contributed by atoms with van der Waals surface area (Å²) < 4.78 is 13.6. The Balaban J connectivity index is 2.18. The Morgan fingerprint density at radius 1 is 1.53 bits per heavy atom. The second-order valence-electron chi connectivity index (χ2n) is 4.62. The first-order valence-electron chi connectivity index (χ1n) is 5.82. The number of piperidine rings is 1. The zero-order chi connectivity index (χ0) is 12.4. The largest absolute Gasteiger partial charge is 0.338 e. The van der Waals surface area contributed by atoms with Gasteiger partial charge < -0.3 is 4.90 Å². The molecule has 2 nitrogen and oxygen atoms in total. The first-order valence-corrected chi connectivity index (χ1v) is 6.20. The van der Waals surface area contributed by atoms with Crippen molar-refractivity contribution in [3.8, 4) is 0 Å². The van der Waals surface area contributed by atoms with Crippen molar-refractivity contribution in [2.45, 2.75) is 19.8 Å². The molecule has 0 aliphatic carbocycles. The Bertz CT molecular complexity index is 435. The van der Waals surface area contributed by atoms with Gasteiger partial charge >= 0.3 is 0 Å². The fourth-order valence-electron chi connectivity index (χ4n) is 2.21.